The van der Waals surface area contributed by atoms with Crippen molar-refractivity contribution in [1.29, 1.82) is 0 Å². The summed E-state index contributed by atoms with van der Waals surface area (Å²) in [6.45, 7) is 4.69. The third kappa shape index (κ3) is 3.52. The van der Waals surface area contributed by atoms with E-state index < -0.39 is 0 Å². The highest BCUT2D eigenvalue weighted by molar-refractivity contribution is 5.52. The second-order valence-corrected chi connectivity index (χ2v) is 5.42. The van der Waals surface area contributed by atoms with Crippen molar-refractivity contribution in [3.8, 4) is 0 Å². The van der Waals surface area contributed by atoms with Crippen molar-refractivity contribution in [1.82, 2.24) is 10.2 Å². The molecule has 0 fully saturated rings. The minimum absolute atomic E-state index is 0.534. The largest absolute Gasteiger partial charge is 0.423 e. The highest BCUT2D eigenvalue weighted by Crippen LogP contribution is 2.17. The predicted octanol–water partition coefficient (Wildman–Crippen LogP) is 3.89. The first-order chi connectivity index (χ1) is 10.7. The van der Waals surface area contributed by atoms with Crippen molar-refractivity contribution >= 4 is 5.69 Å². The molecule has 0 spiro atoms. The van der Waals surface area contributed by atoms with Crippen molar-refractivity contribution in [2.75, 3.05) is 5.32 Å². The van der Waals surface area contributed by atoms with Gasteiger partial charge in [0.2, 0.25) is 11.8 Å². The molecule has 22 heavy (non-hydrogen) atoms. The van der Waals surface area contributed by atoms with Gasteiger partial charge in [-0.3, -0.25) is 0 Å². The number of hydrogen-bond acceptors (Lipinski definition) is 4. The molecule has 3 rings (SSSR count). The number of benzene rings is 2. The number of nitrogens with zero attached hydrogens (tertiary/aromatic N) is 2. The summed E-state index contributed by atoms with van der Waals surface area (Å²) in [6, 6.07) is 16.4. The molecule has 112 valence electrons. The van der Waals surface area contributed by atoms with E-state index in [2.05, 4.69) is 59.7 Å². The molecule has 4 heteroatoms. The SMILES string of the molecule is Cc1ccc(C)c(NCc2nnc(Cc3ccccc3)o2)c1. The zero-order valence-corrected chi connectivity index (χ0v) is 12.8. The lowest BCUT2D eigenvalue weighted by Crippen LogP contribution is -2.01. The Bertz CT molecular complexity index is 750. The molecule has 4 nitrogen and oxygen atoms in total. The van der Waals surface area contributed by atoms with Gasteiger partial charge >= 0.3 is 0 Å². The first-order valence-corrected chi connectivity index (χ1v) is 7.37. The molecule has 1 N–H and O–H groups in total. The van der Waals surface area contributed by atoms with Gasteiger partial charge in [-0.2, -0.15) is 0 Å². The molecule has 0 bridgehead atoms. The van der Waals surface area contributed by atoms with Crippen LogP contribution in [0, 0.1) is 13.8 Å². The summed E-state index contributed by atoms with van der Waals surface area (Å²) >= 11 is 0. The van der Waals surface area contributed by atoms with Gasteiger partial charge in [0.05, 0.1) is 13.0 Å². The van der Waals surface area contributed by atoms with Gasteiger partial charge in [-0.1, -0.05) is 42.5 Å². The quantitative estimate of drug-likeness (QED) is 0.775. The summed E-state index contributed by atoms with van der Waals surface area (Å²) in [7, 11) is 0. The van der Waals surface area contributed by atoms with Crippen molar-refractivity contribution in [2.24, 2.45) is 0 Å². The van der Waals surface area contributed by atoms with E-state index in [1.807, 2.05) is 18.2 Å². The van der Waals surface area contributed by atoms with Gasteiger partial charge in [0.1, 0.15) is 0 Å². The van der Waals surface area contributed by atoms with Crippen LogP contribution >= 0.6 is 0 Å². The molecule has 0 amide bonds. The van der Waals surface area contributed by atoms with Gasteiger partial charge in [-0.15, -0.1) is 10.2 Å². The Hall–Kier alpha value is -2.62. The molecule has 3 aromatic rings. The first kappa shape index (κ1) is 14.3. The zero-order valence-electron chi connectivity index (χ0n) is 12.8. The minimum atomic E-state index is 0.534. The van der Waals surface area contributed by atoms with Gasteiger partial charge in [0.15, 0.2) is 0 Å². The Kier molecular flexibility index (Phi) is 4.19. The van der Waals surface area contributed by atoms with Crippen LogP contribution in [-0.4, -0.2) is 10.2 Å². The van der Waals surface area contributed by atoms with Crippen LogP contribution in [0.3, 0.4) is 0 Å². The Morgan fingerprint density at radius 1 is 0.955 bits per heavy atom. The fourth-order valence-electron chi connectivity index (χ4n) is 2.30. The van der Waals surface area contributed by atoms with Crippen LogP contribution in [0.15, 0.2) is 52.9 Å². The van der Waals surface area contributed by atoms with Gasteiger partial charge in [0.25, 0.3) is 0 Å². The maximum absolute atomic E-state index is 5.69. The summed E-state index contributed by atoms with van der Waals surface area (Å²) in [5.41, 5.74) is 4.70. The zero-order chi connectivity index (χ0) is 15.4. The molecule has 0 aliphatic carbocycles. The lowest BCUT2D eigenvalue weighted by atomic mass is 10.1. The molecule has 0 unspecified atom stereocenters. The van der Waals surface area contributed by atoms with Crippen LogP contribution in [-0.2, 0) is 13.0 Å². The van der Waals surface area contributed by atoms with Crippen molar-refractivity contribution in [2.45, 2.75) is 26.8 Å². The third-order valence-corrected chi connectivity index (χ3v) is 3.53. The fourth-order valence-corrected chi connectivity index (χ4v) is 2.30. The smallest absolute Gasteiger partial charge is 0.235 e. The first-order valence-electron chi connectivity index (χ1n) is 7.37. The number of anilines is 1. The second-order valence-electron chi connectivity index (χ2n) is 5.42. The highest BCUT2D eigenvalue weighted by Gasteiger charge is 2.07. The lowest BCUT2D eigenvalue weighted by Gasteiger charge is -2.08. The number of aryl methyl sites for hydroxylation is 2. The van der Waals surface area contributed by atoms with E-state index in [-0.39, 0.29) is 0 Å². The van der Waals surface area contributed by atoms with Crippen molar-refractivity contribution in [3.63, 3.8) is 0 Å². The molecule has 2 aromatic carbocycles. The monoisotopic (exact) mass is 293 g/mol. The summed E-state index contributed by atoms with van der Waals surface area (Å²) in [5.74, 6) is 1.25. The van der Waals surface area contributed by atoms with Crippen LogP contribution in [0.1, 0.15) is 28.5 Å². The van der Waals surface area contributed by atoms with E-state index >= 15 is 0 Å². The van der Waals surface area contributed by atoms with Crippen molar-refractivity contribution < 1.29 is 4.42 Å². The Morgan fingerprint density at radius 2 is 1.73 bits per heavy atom. The van der Waals surface area contributed by atoms with E-state index in [9.17, 15) is 0 Å². The van der Waals surface area contributed by atoms with Crippen LogP contribution in [0.25, 0.3) is 0 Å². The highest BCUT2D eigenvalue weighted by atomic mass is 16.4. The summed E-state index contributed by atoms with van der Waals surface area (Å²) in [5, 5.41) is 11.6. The van der Waals surface area contributed by atoms with E-state index in [1.165, 1.54) is 16.7 Å². The Labute approximate surface area is 130 Å². The Balaban J connectivity index is 1.63. The third-order valence-electron chi connectivity index (χ3n) is 3.53. The molecule has 0 radical (unpaired) electrons. The maximum atomic E-state index is 5.69. The number of aromatic nitrogens is 2. The minimum Gasteiger partial charge on any atom is -0.423 e. The molecular formula is C18H19N3O. The summed E-state index contributed by atoms with van der Waals surface area (Å²) < 4.78 is 5.69. The predicted molar refractivity (Wildman–Crippen MR) is 86.8 cm³/mol. The number of rotatable bonds is 5. The molecule has 0 atom stereocenters. The van der Waals surface area contributed by atoms with Gasteiger partial charge in [0, 0.05) is 5.69 Å². The standard InChI is InChI=1S/C18H19N3O/c1-13-8-9-14(2)16(10-13)19-12-18-21-20-17(22-18)11-15-6-4-3-5-7-15/h3-10,19H,11-12H2,1-2H3. The van der Waals surface area contributed by atoms with Crippen LogP contribution in [0.5, 0.6) is 0 Å². The number of nitrogens with one attached hydrogen (secondary N) is 1. The average molecular weight is 293 g/mol. The molecule has 0 aliphatic heterocycles. The summed E-state index contributed by atoms with van der Waals surface area (Å²) in [6.07, 6.45) is 0.664. The van der Waals surface area contributed by atoms with E-state index in [1.54, 1.807) is 0 Å². The Morgan fingerprint density at radius 3 is 2.55 bits per heavy atom. The molecule has 0 aliphatic rings. The molecule has 1 aromatic heterocycles. The lowest BCUT2D eigenvalue weighted by molar-refractivity contribution is 0.464. The normalized spacial score (nSPS) is 10.6. The number of hydrogen-bond donors (Lipinski definition) is 1. The van der Waals surface area contributed by atoms with Crippen LogP contribution in [0.2, 0.25) is 0 Å². The topological polar surface area (TPSA) is 51.0 Å². The van der Waals surface area contributed by atoms with E-state index in [0.717, 1.165) is 5.69 Å². The van der Waals surface area contributed by atoms with Crippen LogP contribution in [0.4, 0.5) is 5.69 Å². The van der Waals surface area contributed by atoms with Crippen LogP contribution < -0.4 is 5.32 Å². The molecule has 1 heterocycles. The van der Waals surface area contributed by atoms with E-state index in [4.69, 9.17) is 4.42 Å². The molecular weight excluding hydrogens is 274 g/mol. The average Bonchev–Trinajstić information content (AvgIpc) is 2.97. The van der Waals surface area contributed by atoms with Gasteiger partial charge in [-0.05, 0) is 36.6 Å². The molecule has 0 saturated carbocycles. The fraction of sp³-hybridized carbons (Fsp3) is 0.222. The second kappa shape index (κ2) is 6.43. The van der Waals surface area contributed by atoms with Crippen molar-refractivity contribution in [3.05, 3.63) is 77.0 Å². The van der Waals surface area contributed by atoms with Gasteiger partial charge in [-0.25, -0.2) is 0 Å². The van der Waals surface area contributed by atoms with E-state index in [0.29, 0.717) is 24.7 Å². The molecule has 0 saturated heterocycles. The maximum Gasteiger partial charge on any atom is 0.235 e. The summed E-state index contributed by atoms with van der Waals surface area (Å²) in [4.78, 5) is 0. The van der Waals surface area contributed by atoms with Gasteiger partial charge < -0.3 is 9.73 Å².